The summed E-state index contributed by atoms with van der Waals surface area (Å²) in [5.74, 6) is -3.45. The van der Waals surface area contributed by atoms with E-state index in [0.717, 1.165) is 5.56 Å². The number of phenolic OH excluding ortho intramolecular Hbond substituents is 1. The lowest BCUT2D eigenvalue weighted by atomic mass is 9.77. The molecular weight excluding hydrogens is 350 g/mol. The topological polar surface area (TPSA) is 55.7 Å². The van der Waals surface area contributed by atoms with Crippen LogP contribution in [0, 0.1) is 0 Å². The maximum absolute atomic E-state index is 14.9. The first-order chi connectivity index (χ1) is 12.3. The zero-order valence-corrected chi connectivity index (χ0v) is 17.4. The molecule has 1 aromatic rings. The summed E-state index contributed by atoms with van der Waals surface area (Å²) in [6.45, 7) is 12.8. The van der Waals surface area contributed by atoms with Crippen molar-refractivity contribution in [1.82, 2.24) is 10.2 Å². The lowest BCUT2D eigenvalue weighted by Gasteiger charge is -2.40. The number of hydrogen-bond donors (Lipinski definition) is 3. The standard InChI is InChI=1S/C21H34F2N2O2/c1-19(2,3)14-11-15(17(27)16(12-14)20(4,5)6)18(21(22,23)13-26)25-9-7-24-8-10-25/h11-12,18,24,26-27H,7-10,13H2,1-6H3/t18-/m0/s1. The van der Waals surface area contributed by atoms with Gasteiger partial charge in [-0.15, -0.1) is 0 Å². The van der Waals surface area contributed by atoms with Gasteiger partial charge in [-0.05, 0) is 28.0 Å². The lowest BCUT2D eigenvalue weighted by Crippen LogP contribution is -2.51. The van der Waals surface area contributed by atoms with Crippen molar-refractivity contribution in [1.29, 1.82) is 0 Å². The lowest BCUT2D eigenvalue weighted by molar-refractivity contribution is -0.119. The summed E-state index contributed by atoms with van der Waals surface area (Å²) < 4.78 is 29.8. The first kappa shape index (κ1) is 22.1. The van der Waals surface area contributed by atoms with Gasteiger partial charge in [0.1, 0.15) is 18.4 Å². The molecule has 1 aliphatic rings. The number of piperazine rings is 1. The molecule has 0 bridgehead atoms. The zero-order valence-electron chi connectivity index (χ0n) is 17.4. The highest BCUT2D eigenvalue weighted by atomic mass is 19.3. The molecule has 1 aromatic carbocycles. The molecule has 2 rings (SSSR count). The van der Waals surface area contributed by atoms with E-state index in [1.165, 1.54) is 0 Å². The maximum atomic E-state index is 14.9. The van der Waals surface area contributed by atoms with Crippen molar-refractivity contribution in [2.45, 2.75) is 64.3 Å². The van der Waals surface area contributed by atoms with Gasteiger partial charge in [-0.2, -0.15) is 0 Å². The Morgan fingerprint density at radius 3 is 2.04 bits per heavy atom. The van der Waals surface area contributed by atoms with E-state index >= 15 is 0 Å². The molecule has 0 spiro atoms. The first-order valence-corrected chi connectivity index (χ1v) is 9.60. The minimum absolute atomic E-state index is 0.0906. The average Bonchev–Trinajstić information content (AvgIpc) is 2.55. The third-order valence-electron chi connectivity index (χ3n) is 5.24. The summed E-state index contributed by atoms with van der Waals surface area (Å²) in [5, 5.41) is 23.6. The summed E-state index contributed by atoms with van der Waals surface area (Å²) in [5.41, 5.74) is 1.09. The molecule has 3 N–H and O–H groups in total. The van der Waals surface area contributed by atoms with Crippen molar-refractivity contribution < 1.29 is 19.0 Å². The van der Waals surface area contributed by atoms with E-state index < -0.39 is 24.0 Å². The van der Waals surface area contributed by atoms with Crippen LogP contribution in [-0.4, -0.2) is 53.8 Å². The Kier molecular flexibility index (Phi) is 6.24. The molecular formula is C21H34F2N2O2. The van der Waals surface area contributed by atoms with Crippen molar-refractivity contribution in [3.8, 4) is 5.75 Å². The van der Waals surface area contributed by atoms with Gasteiger partial charge >= 0.3 is 0 Å². The van der Waals surface area contributed by atoms with Crippen LogP contribution in [0.15, 0.2) is 12.1 Å². The van der Waals surface area contributed by atoms with E-state index in [0.29, 0.717) is 31.7 Å². The third-order valence-corrected chi connectivity index (χ3v) is 5.24. The molecule has 1 heterocycles. The van der Waals surface area contributed by atoms with Crippen LogP contribution in [0.4, 0.5) is 8.78 Å². The minimum Gasteiger partial charge on any atom is -0.507 e. The summed E-state index contributed by atoms with van der Waals surface area (Å²) >= 11 is 0. The van der Waals surface area contributed by atoms with E-state index in [1.807, 2.05) is 47.6 Å². The van der Waals surface area contributed by atoms with Crippen molar-refractivity contribution in [2.75, 3.05) is 32.8 Å². The highest BCUT2D eigenvalue weighted by molar-refractivity contribution is 5.50. The van der Waals surface area contributed by atoms with Crippen molar-refractivity contribution in [3.05, 3.63) is 28.8 Å². The summed E-state index contributed by atoms with van der Waals surface area (Å²) in [6, 6.07) is 2.25. The number of benzene rings is 1. The average molecular weight is 385 g/mol. The summed E-state index contributed by atoms with van der Waals surface area (Å²) in [4.78, 5) is 1.67. The molecule has 0 radical (unpaired) electrons. The van der Waals surface area contributed by atoms with Crippen LogP contribution in [0.5, 0.6) is 5.75 Å². The van der Waals surface area contributed by atoms with E-state index in [4.69, 9.17) is 0 Å². The molecule has 0 amide bonds. The molecule has 154 valence electrons. The van der Waals surface area contributed by atoms with Crippen LogP contribution < -0.4 is 5.32 Å². The smallest absolute Gasteiger partial charge is 0.290 e. The van der Waals surface area contributed by atoms with Crippen LogP contribution in [0.1, 0.15) is 64.3 Å². The number of phenols is 1. The highest BCUT2D eigenvalue weighted by Gasteiger charge is 2.46. The van der Waals surface area contributed by atoms with E-state index in [1.54, 1.807) is 11.0 Å². The fourth-order valence-electron chi connectivity index (χ4n) is 3.59. The number of halogens is 2. The largest absolute Gasteiger partial charge is 0.507 e. The van der Waals surface area contributed by atoms with E-state index in [2.05, 4.69) is 5.32 Å². The van der Waals surface area contributed by atoms with Crippen molar-refractivity contribution in [3.63, 3.8) is 0 Å². The van der Waals surface area contributed by atoms with Crippen LogP contribution in [0.25, 0.3) is 0 Å². The Bertz CT molecular complexity index is 657. The Hall–Kier alpha value is -1.24. The Morgan fingerprint density at radius 1 is 1.04 bits per heavy atom. The number of aromatic hydroxyl groups is 1. The van der Waals surface area contributed by atoms with E-state index in [-0.39, 0.29) is 16.7 Å². The molecule has 0 aliphatic carbocycles. The molecule has 1 saturated heterocycles. The van der Waals surface area contributed by atoms with Gasteiger partial charge in [0, 0.05) is 31.7 Å². The SMILES string of the molecule is CC(C)(C)c1cc([C@H](N2CCNCC2)C(F)(F)CO)c(O)c(C(C)(C)C)c1. The fraction of sp³-hybridized carbons (Fsp3) is 0.714. The summed E-state index contributed by atoms with van der Waals surface area (Å²) in [7, 11) is 0. The molecule has 4 nitrogen and oxygen atoms in total. The molecule has 1 fully saturated rings. The van der Waals surface area contributed by atoms with E-state index in [9.17, 15) is 19.0 Å². The van der Waals surface area contributed by atoms with Gasteiger partial charge in [-0.1, -0.05) is 47.6 Å². The van der Waals surface area contributed by atoms with Gasteiger partial charge in [0.25, 0.3) is 5.92 Å². The van der Waals surface area contributed by atoms with Gasteiger partial charge in [-0.25, -0.2) is 8.78 Å². The number of nitrogens with one attached hydrogen (secondary N) is 1. The third kappa shape index (κ3) is 4.79. The zero-order chi connectivity index (χ0) is 20.6. The molecule has 1 atom stereocenters. The van der Waals surface area contributed by atoms with Gasteiger partial charge in [0.05, 0.1) is 0 Å². The highest BCUT2D eigenvalue weighted by Crippen LogP contribution is 2.45. The maximum Gasteiger partial charge on any atom is 0.290 e. The van der Waals surface area contributed by atoms with Crippen molar-refractivity contribution >= 4 is 0 Å². The number of hydrogen-bond acceptors (Lipinski definition) is 4. The molecule has 0 saturated carbocycles. The molecule has 6 heteroatoms. The van der Waals surface area contributed by atoms with Crippen molar-refractivity contribution in [2.24, 2.45) is 0 Å². The Balaban J connectivity index is 2.73. The van der Waals surface area contributed by atoms with Crippen LogP contribution in [-0.2, 0) is 10.8 Å². The predicted octanol–water partition coefficient (Wildman–Crippen LogP) is 3.56. The molecule has 27 heavy (non-hydrogen) atoms. The van der Waals surface area contributed by atoms with Gasteiger partial charge in [0.2, 0.25) is 0 Å². The van der Waals surface area contributed by atoms with Gasteiger partial charge in [0.15, 0.2) is 0 Å². The predicted molar refractivity (Wildman–Crippen MR) is 105 cm³/mol. The minimum atomic E-state index is -3.36. The van der Waals surface area contributed by atoms with Crippen LogP contribution in [0.3, 0.4) is 0 Å². The second-order valence-electron chi connectivity index (χ2n) is 9.57. The number of alkyl halides is 2. The number of aliphatic hydroxyl groups excluding tert-OH is 1. The quantitative estimate of drug-likeness (QED) is 0.743. The number of nitrogens with zero attached hydrogens (tertiary/aromatic N) is 1. The second kappa shape index (κ2) is 7.64. The number of rotatable bonds is 4. The monoisotopic (exact) mass is 384 g/mol. The van der Waals surface area contributed by atoms with Crippen LogP contribution in [0.2, 0.25) is 0 Å². The first-order valence-electron chi connectivity index (χ1n) is 9.60. The number of aliphatic hydroxyl groups is 1. The Morgan fingerprint density at radius 2 is 1.59 bits per heavy atom. The van der Waals surface area contributed by atoms with Gasteiger partial charge < -0.3 is 15.5 Å². The molecule has 0 unspecified atom stereocenters. The normalized spacial score (nSPS) is 18.6. The molecule has 0 aromatic heterocycles. The van der Waals surface area contributed by atoms with Gasteiger partial charge in [-0.3, -0.25) is 4.90 Å². The fourth-order valence-corrected chi connectivity index (χ4v) is 3.59. The Labute approximate surface area is 161 Å². The molecule has 1 aliphatic heterocycles. The summed E-state index contributed by atoms with van der Waals surface area (Å²) in [6.07, 6.45) is 0. The second-order valence-corrected chi connectivity index (χ2v) is 9.57. The van der Waals surface area contributed by atoms with Crippen LogP contribution >= 0.6 is 0 Å².